The van der Waals surface area contributed by atoms with E-state index in [1.54, 1.807) is 49.6 Å². The summed E-state index contributed by atoms with van der Waals surface area (Å²) in [5.74, 6) is 1.71. The summed E-state index contributed by atoms with van der Waals surface area (Å²) in [7, 11) is 1.56. The predicted octanol–water partition coefficient (Wildman–Crippen LogP) is 6.50. The minimum Gasteiger partial charge on any atom is -0.497 e. The van der Waals surface area contributed by atoms with Crippen LogP contribution in [0.4, 0.5) is 23.7 Å². The number of ether oxygens (including phenoxy) is 1. The Morgan fingerprint density at radius 2 is 1.87 bits per heavy atom. The van der Waals surface area contributed by atoms with Crippen LogP contribution in [-0.4, -0.2) is 18.2 Å². The van der Waals surface area contributed by atoms with Gasteiger partial charge in [0.05, 0.1) is 23.3 Å². The fraction of sp³-hybridized carbons (Fsp3) is 0.0909. The molecule has 0 unspecified atom stereocenters. The number of carbonyl (C=O) groups is 1. The quantitative estimate of drug-likeness (QED) is 0.499. The maximum atomic E-state index is 13.0. The molecule has 0 atom stereocenters. The maximum Gasteiger partial charge on any atom is 0.416 e. The van der Waals surface area contributed by atoms with Crippen LogP contribution in [0.25, 0.3) is 17.4 Å². The molecule has 1 aliphatic heterocycles. The Balaban J connectivity index is 1.61. The Hall–Kier alpha value is -3.46. The molecule has 9 heteroatoms. The lowest BCUT2D eigenvalue weighted by Gasteiger charge is -2.07. The molecule has 3 aromatic rings. The number of methoxy groups -OCH3 is 1. The number of furan rings is 1. The molecule has 158 valence electrons. The highest BCUT2D eigenvalue weighted by atomic mass is 32.2. The van der Waals surface area contributed by atoms with Crippen molar-refractivity contribution in [3.8, 4) is 17.1 Å². The number of aliphatic imine (C=N–C) groups is 1. The summed E-state index contributed by atoms with van der Waals surface area (Å²) in [6, 6.07) is 15.1. The second kappa shape index (κ2) is 8.35. The highest BCUT2D eigenvalue weighted by Gasteiger charge is 2.30. The molecule has 4 rings (SSSR count). The monoisotopic (exact) mass is 444 g/mol. The number of benzene rings is 2. The Morgan fingerprint density at radius 1 is 1.10 bits per heavy atom. The molecule has 1 saturated heterocycles. The van der Waals surface area contributed by atoms with Crippen molar-refractivity contribution in [1.29, 1.82) is 0 Å². The highest BCUT2D eigenvalue weighted by Crippen LogP contribution is 2.34. The Labute approximate surface area is 179 Å². The van der Waals surface area contributed by atoms with Gasteiger partial charge >= 0.3 is 6.18 Å². The molecule has 2 heterocycles. The molecule has 0 saturated carbocycles. The second-order valence-electron chi connectivity index (χ2n) is 6.46. The fourth-order valence-corrected chi connectivity index (χ4v) is 3.58. The van der Waals surface area contributed by atoms with Gasteiger partial charge in [0, 0.05) is 5.56 Å². The van der Waals surface area contributed by atoms with Crippen LogP contribution < -0.4 is 10.1 Å². The van der Waals surface area contributed by atoms with Crippen molar-refractivity contribution < 1.29 is 27.1 Å². The summed E-state index contributed by atoms with van der Waals surface area (Å²) in [4.78, 5) is 16.8. The molecule has 31 heavy (non-hydrogen) atoms. The van der Waals surface area contributed by atoms with Crippen LogP contribution in [0.5, 0.6) is 5.75 Å². The van der Waals surface area contributed by atoms with E-state index in [1.807, 2.05) is 0 Å². The Bertz CT molecular complexity index is 1180. The highest BCUT2D eigenvalue weighted by molar-refractivity contribution is 8.18. The number of hydrogen-bond donors (Lipinski definition) is 1. The lowest BCUT2D eigenvalue weighted by atomic mass is 10.1. The van der Waals surface area contributed by atoms with E-state index >= 15 is 0 Å². The fourth-order valence-electron chi connectivity index (χ4n) is 2.86. The first kappa shape index (κ1) is 20.8. The van der Waals surface area contributed by atoms with Gasteiger partial charge in [-0.05, 0) is 66.4 Å². The average Bonchev–Trinajstić information content (AvgIpc) is 3.35. The van der Waals surface area contributed by atoms with Crippen molar-refractivity contribution >= 4 is 34.6 Å². The molecular formula is C22H15F3N2O3S. The van der Waals surface area contributed by atoms with Crippen LogP contribution in [0.2, 0.25) is 0 Å². The van der Waals surface area contributed by atoms with Crippen LogP contribution in [0.3, 0.4) is 0 Å². The molecule has 1 fully saturated rings. The molecule has 2 aromatic carbocycles. The number of carbonyl (C=O) groups excluding carboxylic acids is 1. The maximum absolute atomic E-state index is 13.0. The smallest absolute Gasteiger partial charge is 0.416 e. The number of nitrogens with one attached hydrogen (secondary N) is 1. The summed E-state index contributed by atoms with van der Waals surface area (Å²) in [6.07, 6.45) is -2.82. The van der Waals surface area contributed by atoms with Crippen molar-refractivity contribution in [2.24, 2.45) is 4.99 Å². The molecular weight excluding hydrogens is 429 g/mol. The number of amidine groups is 1. The van der Waals surface area contributed by atoms with Crippen molar-refractivity contribution in [2.45, 2.75) is 6.18 Å². The van der Waals surface area contributed by atoms with Gasteiger partial charge in [-0.2, -0.15) is 13.2 Å². The number of rotatable bonds is 4. The van der Waals surface area contributed by atoms with Crippen LogP contribution >= 0.6 is 11.8 Å². The first-order valence-electron chi connectivity index (χ1n) is 9.03. The summed E-state index contributed by atoms with van der Waals surface area (Å²) in [5, 5.41) is 2.38. The molecule has 1 amide bonds. The van der Waals surface area contributed by atoms with Gasteiger partial charge in [0.1, 0.15) is 23.1 Å². The second-order valence-corrected chi connectivity index (χ2v) is 7.48. The van der Waals surface area contributed by atoms with Crippen LogP contribution in [0, 0.1) is 0 Å². The number of alkyl halides is 3. The third-order valence-electron chi connectivity index (χ3n) is 4.34. The molecule has 0 bridgehead atoms. The average molecular weight is 444 g/mol. The van der Waals surface area contributed by atoms with Gasteiger partial charge in [0.25, 0.3) is 5.24 Å². The van der Waals surface area contributed by atoms with Crippen LogP contribution in [0.15, 0.2) is 75.0 Å². The zero-order chi connectivity index (χ0) is 22.0. The van der Waals surface area contributed by atoms with Gasteiger partial charge in [-0.3, -0.25) is 4.79 Å². The molecule has 0 aliphatic carbocycles. The van der Waals surface area contributed by atoms with Gasteiger partial charge in [-0.1, -0.05) is 12.1 Å². The zero-order valence-corrected chi connectivity index (χ0v) is 16.9. The first-order chi connectivity index (χ1) is 14.8. The van der Waals surface area contributed by atoms with Gasteiger partial charge in [-0.15, -0.1) is 0 Å². The SMILES string of the molecule is COc1ccc(N=C2NC(=O)S/C2=C\c2ccc(-c3cccc(C(F)(F)F)c3)o2)cc1. The lowest BCUT2D eigenvalue weighted by molar-refractivity contribution is -0.137. The predicted molar refractivity (Wildman–Crippen MR) is 113 cm³/mol. The van der Waals surface area contributed by atoms with E-state index < -0.39 is 11.7 Å². The van der Waals surface area contributed by atoms with Crippen molar-refractivity contribution in [3.05, 3.63) is 76.9 Å². The minimum absolute atomic E-state index is 0.286. The number of hydrogen-bond acceptors (Lipinski definition) is 5. The van der Waals surface area contributed by atoms with E-state index in [9.17, 15) is 18.0 Å². The summed E-state index contributed by atoms with van der Waals surface area (Å²) in [6.45, 7) is 0. The van der Waals surface area contributed by atoms with Gasteiger partial charge in [0.2, 0.25) is 0 Å². The summed E-state index contributed by atoms with van der Waals surface area (Å²) >= 11 is 0.953. The lowest BCUT2D eigenvalue weighted by Crippen LogP contribution is -2.18. The van der Waals surface area contributed by atoms with Crippen LogP contribution in [-0.2, 0) is 6.18 Å². The third kappa shape index (κ3) is 4.83. The summed E-state index contributed by atoms with van der Waals surface area (Å²) in [5.41, 5.74) is 0.171. The van der Waals surface area contributed by atoms with E-state index in [0.29, 0.717) is 33.5 Å². The molecule has 0 spiro atoms. The minimum atomic E-state index is -4.44. The van der Waals surface area contributed by atoms with Crippen LogP contribution in [0.1, 0.15) is 11.3 Å². The summed E-state index contributed by atoms with van der Waals surface area (Å²) < 4.78 is 49.7. The van der Waals surface area contributed by atoms with E-state index in [2.05, 4.69) is 10.3 Å². The Kier molecular flexibility index (Phi) is 5.60. The number of halogens is 3. The van der Waals surface area contributed by atoms with E-state index in [1.165, 1.54) is 12.1 Å². The standard InChI is InChI=1S/C22H15F3N2O3S/c1-29-16-7-5-15(6-8-16)26-20-19(31-21(28)27-20)12-17-9-10-18(30-17)13-3-2-4-14(11-13)22(23,24)25/h2-12H,1H3,(H,26,27,28)/b19-12-. The largest absolute Gasteiger partial charge is 0.497 e. The van der Waals surface area contributed by atoms with Gasteiger partial charge in [-0.25, -0.2) is 4.99 Å². The van der Waals surface area contributed by atoms with Gasteiger partial charge < -0.3 is 14.5 Å². The Morgan fingerprint density at radius 3 is 2.58 bits per heavy atom. The van der Waals surface area contributed by atoms with Crippen molar-refractivity contribution in [2.75, 3.05) is 7.11 Å². The van der Waals surface area contributed by atoms with E-state index in [-0.39, 0.29) is 11.0 Å². The number of nitrogens with zero attached hydrogens (tertiary/aromatic N) is 1. The molecule has 1 aromatic heterocycles. The molecule has 1 N–H and O–H groups in total. The van der Waals surface area contributed by atoms with E-state index in [4.69, 9.17) is 9.15 Å². The number of amides is 1. The van der Waals surface area contributed by atoms with E-state index in [0.717, 1.165) is 23.9 Å². The zero-order valence-electron chi connectivity index (χ0n) is 16.1. The third-order valence-corrected chi connectivity index (χ3v) is 5.16. The normalized spacial score (nSPS) is 16.7. The topological polar surface area (TPSA) is 63.8 Å². The van der Waals surface area contributed by atoms with Crippen molar-refractivity contribution in [1.82, 2.24) is 5.32 Å². The molecule has 5 nitrogen and oxygen atoms in total. The first-order valence-corrected chi connectivity index (χ1v) is 9.84. The molecule has 1 aliphatic rings. The van der Waals surface area contributed by atoms with Gasteiger partial charge in [0.15, 0.2) is 0 Å². The van der Waals surface area contributed by atoms with Crippen molar-refractivity contribution in [3.63, 3.8) is 0 Å². The number of thioether (sulfide) groups is 1. The molecule has 0 radical (unpaired) electrons.